The number of furan rings is 1. The Hall–Kier alpha value is -0.850. The molecule has 1 heterocycles. The van der Waals surface area contributed by atoms with Crippen molar-refractivity contribution in [1.82, 2.24) is 5.32 Å². The van der Waals surface area contributed by atoms with E-state index < -0.39 is 5.97 Å². The molecule has 0 bridgehead atoms. The maximum Gasteiger partial charge on any atom is 0.373 e. The SMILES string of the molecule is C=C.CC(C)(C)S.COC(=O)c1ccc(CNCCSC(C)(C)C)o1. The van der Waals surface area contributed by atoms with Gasteiger partial charge in [0.05, 0.1) is 13.7 Å². The van der Waals surface area contributed by atoms with E-state index in [9.17, 15) is 4.79 Å². The van der Waals surface area contributed by atoms with Gasteiger partial charge in [-0.05, 0) is 12.1 Å². The maximum absolute atomic E-state index is 11.2. The molecule has 0 atom stereocenters. The number of hydrogen-bond donors (Lipinski definition) is 2. The molecule has 4 nitrogen and oxygen atoms in total. The van der Waals surface area contributed by atoms with Gasteiger partial charge in [-0.1, -0.05) is 41.5 Å². The topological polar surface area (TPSA) is 51.5 Å². The van der Waals surface area contributed by atoms with Crippen LogP contribution < -0.4 is 5.32 Å². The van der Waals surface area contributed by atoms with E-state index in [2.05, 4.69) is 77.4 Å². The number of methoxy groups -OCH3 is 1. The Morgan fingerprint density at radius 1 is 1.24 bits per heavy atom. The number of carbonyl (C=O) groups excluding carboxylic acids is 1. The summed E-state index contributed by atoms with van der Waals surface area (Å²) in [5.41, 5.74) is 0. The Balaban J connectivity index is 0. The van der Waals surface area contributed by atoms with Crippen molar-refractivity contribution in [2.24, 2.45) is 0 Å². The van der Waals surface area contributed by atoms with Gasteiger partial charge in [0.2, 0.25) is 5.76 Å². The van der Waals surface area contributed by atoms with Crippen LogP contribution in [0.3, 0.4) is 0 Å². The van der Waals surface area contributed by atoms with E-state index in [0.29, 0.717) is 11.3 Å². The van der Waals surface area contributed by atoms with Crippen LogP contribution in [0.15, 0.2) is 29.7 Å². The largest absolute Gasteiger partial charge is 0.463 e. The number of thiol groups is 1. The normalized spacial score (nSPS) is 10.9. The summed E-state index contributed by atoms with van der Waals surface area (Å²) in [5.74, 6) is 1.60. The Labute approximate surface area is 163 Å². The highest BCUT2D eigenvalue weighted by Gasteiger charge is 2.11. The van der Waals surface area contributed by atoms with E-state index in [1.54, 1.807) is 12.1 Å². The van der Waals surface area contributed by atoms with Crippen molar-refractivity contribution in [3.05, 3.63) is 36.8 Å². The summed E-state index contributed by atoms with van der Waals surface area (Å²) in [6.07, 6.45) is 0. The molecule has 1 aromatic heterocycles. The van der Waals surface area contributed by atoms with E-state index >= 15 is 0 Å². The van der Waals surface area contributed by atoms with Gasteiger partial charge >= 0.3 is 5.97 Å². The molecule has 0 aromatic carbocycles. The van der Waals surface area contributed by atoms with Gasteiger partial charge in [0.15, 0.2) is 0 Å². The van der Waals surface area contributed by atoms with Crippen molar-refractivity contribution in [3.63, 3.8) is 0 Å². The molecule has 146 valence electrons. The third kappa shape index (κ3) is 19.3. The van der Waals surface area contributed by atoms with Gasteiger partial charge in [0, 0.05) is 21.8 Å². The fraction of sp³-hybridized carbons (Fsp3) is 0.632. The van der Waals surface area contributed by atoms with Crippen molar-refractivity contribution in [3.8, 4) is 0 Å². The lowest BCUT2D eigenvalue weighted by Gasteiger charge is -2.17. The zero-order valence-corrected chi connectivity index (χ0v) is 18.5. The quantitative estimate of drug-likeness (QED) is 0.303. The third-order valence-electron chi connectivity index (χ3n) is 2.16. The van der Waals surface area contributed by atoms with Gasteiger partial charge in [0.25, 0.3) is 0 Å². The molecule has 0 spiro atoms. The summed E-state index contributed by atoms with van der Waals surface area (Å²) in [7, 11) is 1.34. The molecule has 0 fully saturated rings. The molecule has 0 saturated carbocycles. The third-order valence-corrected chi connectivity index (χ3v) is 3.44. The minimum Gasteiger partial charge on any atom is -0.463 e. The van der Waals surface area contributed by atoms with Crippen LogP contribution in [0, 0.1) is 0 Å². The van der Waals surface area contributed by atoms with E-state index in [1.807, 2.05) is 11.8 Å². The van der Waals surface area contributed by atoms with Crippen molar-refractivity contribution in [2.75, 3.05) is 19.4 Å². The summed E-state index contributed by atoms with van der Waals surface area (Å²) >= 11 is 6.04. The Morgan fingerprint density at radius 3 is 2.20 bits per heavy atom. The minimum atomic E-state index is -0.440. The summed E-state index contributed by atoms with van der Waals surface area (Å²) in [6, 6.07) is 3.42. The van der Waals surface area contributed by atoms with Gasteiger partial charge < -0.3 is 14.5 Å². The predicted octanol–water partition coefficient (Wildman–Crippen LogP) is 5.20. The first kappa shape index (κ1) is 26.4. The summed E-state index contributed by atoms with van der Waals surface area (Å²) in [4.78, 5) is 11.2. The second-order valence-corrected chi connectivity index (χ2v) is 10.3. The molecule has 1 rings (SSSR count). The number of thioether (sulfide) groups is 1. The standard InChI is InChI=1S/C13H21NO3S.C4H10S.C2H4/c1-13(2,3)18-8-7-14-9-10-5-6-11(17-10)12(15)16-4;1-4(2,3)5;1-2/h5-6,14H,7-9H2,1-4H3;5H,1-3H3;1-2H2. The van der Waals surface area contributed by atoms with Crippen LogP contribution in [0.4, 0.5) is 0 Å². The van der Waals surface area contributed by atoms with Gasteiger partial charge in [-0.15, -0.1) is 13.2 Å². The monoisotopic (exact) mass is 389 g/mol. The zero-order valence-electron chi connectivity index (χ0n) is 16.8. The second-order valence-electron chi connectivity index (χ2n) is 7.07. The van der Waals surface area contributed by atoms with E-state index in [0.717, 1.165) is 18.1 Å². The molecule has 0 unspecified atom stereocenters. The number of rotatable bonds is 6. The Kier molecular flexibility index (Phi) is 14.1. The summed E-state index contributed by atoms with van der Waals surface area (Å²) < 4.78 is 10.4. The van der Waals surface area contributed by atoms with Crippen LogP contribution in [0.5, 0.6) is 0 Å². The predicted molar refractivity (Wildman–Crippen MR) is 114 cm³/mol. The average Bonchev–Trinajstić information content (AvgIpc) is 2.94. The van der Waals surface area contributed by atoms with Gasteiger partial charge in [-0.3, -0.25) is 0 Å². The Bertz CT molecular complexity index is 468. The maximum atomic E-state index is 11.2. The lowest BCUT2D eigenvalue weighted by Crippen LogP contribution is -2.19. The van der Waals surface area contributed by atoms with Gasteiger partial charge in [-0.2, -0.15) is 24.4 Å². The molecule has 25 heavy (non-hydrogen) atoms. The van der Waals surface area contributed by atoms with Crippen LogP contribution in [0.2, 0.25) is 0 Å². The van der Waals surface area contributed by atoms with Crippen molar-refractivity contribution < 1.29 is 13.9 Å². The summed E-state index contributed by atoms with van der Waals surface area (Å²) in [6.45, 7) is 20.3. The molecule has 0 saturated heterocycles. The van der Waals surface area contributed by atoms with Gasteiger partial charge in [0.1, 0.15) is 5.76 Å². The van der Waals surface area contributed by atoms with Crippen molar-refractivity contribution in [2.45, 2.75) is 57.6 Å². The van der Waals surface area contributed by atoms with Crippen LogP contribution in [0.25, 0.3) is 0 Å². The molecule has 0 aliphatic heterocycles. The molecule has 6 heteroatoms. The molecule has 1 N–H and O–H groups in total. The fourth-order valence-electron chi connectivity index (χ4n) is 1.32. The first-order chi connectivity index (χ1) is 11.4. The van der Waals surface area contributed by atoms with Crippen LogP contribution >= 0.6 is 24.4 Å². The number of nitrogens with one attached hydrogen (secondary N) is 1. The number of esters is 1. The number of hydrogen-bond acceptors (Lipinski definition) is 6. The highest BCUT2D eigenvalue weighted by atomic mass is 32.2. The molecule has 0 aliphatic rings. The first-order valence-corrected chi connectivity index (χ1v) is 9.60. The van der Waals surface area contributed by atoms with E-state index in [-0.39, 0.29) is 10.5 Å². The minimum absolute atomic E-state index is 0.194. The molecule has 0 radical (unpaired) electrons. The van der Waals surface area contributed by atoms with Gasteiger partial charge in [-0.25, -0.2) is 4.79 Å². The van der Waals surface area contributed by atoms with E-state index in [4.69, 9.17) is 4.42 Å². The molecule has 1 aromatic rings. The lowest BCUT2D eigenvalue weighted by atomic mass is 10.3. The van der Waals surface area contributed by atoms with Crippen LogP contribution in [-0.2, 0) is 11.3 Å². The Morgan fingerprint density at radius 2 is 1.76 bits per heavy atom. The smallest absolute Gasteiger partial charge is 0.373 e. The highest BCUT2D eigenvalue weighted by molar-refractivity contribution is 8.00. The molecular formula is C19H35NO3S2. The van der Waals surface area contributed by atoms with Crippen LogP contribution in [-0.4, -0.2) is 34.9 Å². The molecule has 0 amide bonds. The molecular weight excluding hydrogens is 354 g/mol. The number of carbonyl (C=O) groups is 1. The second kappa shape index (κ2) is 13.4. The molecule has 0 aliphatic carbocycles. The number of ether oxygens (including phenoxy) is 1. The van der Waals surface area contributed by atoms with E-state index in [1.165, 1.54) is 7.11 Å². The zero-order chi connectivity index (χ0) is 20.1. The first-order valence-electron chi connectivity index (χ1n) is 8.16. The van der Waals surface area contributed by atoms with Crippen molar-refractivity contribution in [1.29, 1.82) is 0 Å². The summed E-state index contributed by atoms with van der Waals surface area (Å²) in [5, 5.41) is 3.28. The lowest BCUT2D eigenvalue weighted by molar-refractivity contribution is 0.0563. The van der Waals surface area contributed by atoms with Crippen molar-refractivity contribution >= 4 is 30.4 Å². The van der Waals surface area contributed by atoms with Crippen LogP contribution in [0.1, 0.15) is 57.9 Å². The fourth-order valence-corrected chi connectivity index (χ4v) is 2.18. The average molecular weight is 390 g/mol. The highest BCUT2D eigenvalue weighted by Crippen LogP contribution is 2.22.